The predicted molar refractivity (Wildman–Crippen MR) is 129 cm³/mol. The lowest BCUT2D eigenvalue weighted by atomic mass is 10.1. The third-order valence-electron chi connectivity index (χ3n) is 5.27. The summed E-state index contributed by atoms with van der Waals surface area (Å²) >= 11 is 6.32. The summed E-state index contributed by atoms with van der Waals surface area (Å²) in [6.45, 7) is 2.01. The Morgan fingerprint density at radius 2 is 1.59 bits per heavy atom. The van der Waals surface area contributed by atoms with Crippen LogP contribution in [0.1, 0.15) is 15.9 Å². The lowest BCUT2D eigenvalue weighted by Gasteiger charge is -2.10. The third kappa shape index (κ3) is 3.88. The predicted octanol–water partition coefficient (Wildman–Crippen LogP) is 7.38. The zero-order valence-corrected chi connectivity index (χ0v) is 18.1. The molecule has 2 aromatic heterocycles. The number of halogens is 1. The molecule has 0 saturated carbocycles. The molecule has 0 aliphatic carbocycles. The number of hydrogen-bond acceptors (Lipinski definition) is 3. The van der Waals surface area contributed by atoms with Gasteiger partial charge in [-0.25, -0.2) is 4.98 Å². The number of aryl methyl sites for hydroxylation is 1. The van der Waals surface area contributed by atoms with E-state index in [2.05, 4.69) is 5.32 Å². The summed E-state index contributed by atoms with van der Waals surface area (Å²) in [6.07, 6.45) is 0. The van der Waals surface area contributed by atoms with Crippen LogP contribution in [-0.4, -0.2) is 10.9 Å². The lowest BCUT2D eigenvalue weighted by molar-refractivity contribution is 0.102. The quantitative estimate of drug-likeness (QED) is 0.318. The Labute approximate surface area is 190 Å². The number of anilines is 1. The molecule has 0 unspecified atom stereocenters. The first-order valence-corrected chi connectivity index (χ1v) is 10.6. The van der Waals surface area contributed by atoms with E-state index < -0.39 is 0 Å². The lowest BCUT2D eigenvalue weighted by Crippen LogP contribution is -2.13. The highest BCUT2D eigenvalue weighted by molar-refractivity contribution is 6.33. The molecule has 0 atom stereocenters. The number of benzene rings is 3. The number of furan rings is 1. The number of rotatable bonds is 4. The molecule has 0 bridgehead atoms. The van der Waals surface area contributed by atoms with Crippen molar-refractivity contribution in [1.29, 1.82) is 0 Å². The highest BCUT2D eigenvalue weighted by Gasteiger charge is 2.17. The molecule has 0 radical (unpaired) electrons. The van der Waals surface area contributed by atoms with Crippen molar-refractivity contribution < 1.29 is 9.21 Å². The number of hydrogen-bond donors (Lipinski definition) is 1. The first kappa shape index (κ1) is 20.0. The zero-order valence-electron chi connectivity index (χ0n) is 17.3. The van der Waals surface area contributed by atoms with Gasteiger partial charge in [0, 0.05) is 16.6 Å². The molecule has 5 heteroatoms. The third-order valence-corrected chi connectivity index (χ3v) is 5.60. The van der Waals surface area contributed by atoms with Gasteiger partial charge in [-0.2, -0.15) is 0 Å². The van der Waals surface area contributed by atoms with E-state index in [1.165, 1.54) is 0 Å². The average molecular weight is 439 g/mol. The van der Waals surface area contributed by atoms with Crippen molar-refractivity contribution in [1.82, 2.24) is 4.98 Å². The van der Waals surface area contributed by atoms with Gasteiger partial charge in [0.15, 0.2) is 5.76 Å². The van der Waals surface area contributed by atoms with Crippen LogP contribution in [0, 0.1) is 6.92 Å². The van der Waals surface area contributed by atoms with E-state index in [-0.39, 0.29) is 5.91 Å². The summed E-state index contributed by atoms with van der Waals surface area (Å²) in [5, 5.41) is 4.37. The van der Waals surface area contributed by atoms with Gasteiger partial charge >= 0.3 is 0 Å². The maximum atomic E-state index is 13.2. The highest BCUT2D eigenvalue weighted by Crippen LogP contribution is 2.33. The van der Waals surface area contributed by atoms with Crippen molar-refractivity contribution in [2.75, 3.05) is 5.32 Å². The van der Waals surface area contributed by atoms with Crippen molar-refractivity contribution >= 4 is 34.1 Å². The van der Waals surface area contributed by atoms with E-state index in [0.717, 1.165) is 27.7 Å². The van der Waals surface area contributed by atoms with Gasteiger partial charge in [0.25, 0.3) is 5.91 Å². The number of pyridine rings is 1. The Morgan fingerprint density at radius 1 is 0.875 bits per heavy atom. The number of para-hydroxylation sites is 1. The molecule has 4 nitrogen and oxygen atoms in total. The van der Waals surface area contributed by atoms with Crippen LogP contribution in [0.3, 0.4) is 0 Å². The number of carbonyl (C=O) groups excluding carboxylic acids is 1. The zero-order chi connectivity index (χ0) is 22.1. The van der Waals surface area contributed by atoms with Crippen LogP contribution in [0.4, 0.5) is 5.69 Å². The van der Waals surface area contributed by atoms with Crippen molar-refractivity contribution in [3.8, 4) is 22.8 Å². The molecule has 32 heavy (non-hydrogen) atoms. The van der Waals surface area contributed by atoms with Crippen molar-refractivity contribution in [3.63, 3.8) is 0 Å². The minimum atomic E-state index is -0.202. The summed E-state index contributed by atoms with van der Waals surface area (Å²) in [4.78, 5) is 17.9. The maximum absolute atomic E-state index is 13.2. The number of fused-ring (bicyclic) bond motifs is 1. The van der Waals surface area contributed by atoms with Gasteiger partial charge < -0.3 is 9.73 Å². The van der Waals surface area contributed by atoms with Gasteiger partial charge in [-0.05, 0) is 55.5 Å². The van der Waals surface area contributed by atoms with Crippen LogP contribution in [0.2, 0.25) is 5.02 Å². The van der Waals surface area contributed by atoms with Crippen LogP contribution in [0.15, 0.2) is 95.4 Å². The van der Waals surface area contributed by atoms with Crippen LogP contribution < -0.4 is 5.32 Å². The van der Waals surface area contributed by atoms with Gasteiger partial charge in [-0.3, -0.25) is 4.79 Å². The molecule has 0 fully saturated rings. The van der Waals surface area contributed by atoms with E-state index in [1.54, 1.807) is 6.07 Å². The summed E-state index contributed by atoms with van der Waals surface area (Å²) in [6, 6.07) is 28.3. The smallest absolute Gasteiger partial charge is 0.256 e. The Kier molecular flexibility index (Phi) is 5.21. The first-order valence-electron chi connectivity index (χ1n) is 10.2. The average Bonchev–Trinajstić information content (AvgIpc) is 3.30. The summed E-state index contributed by atoms with van der Waals surface area (Å²) in [5.41, 5.74) is 4.50. The molecule has 5 aromatic rings. The standard InChI is InChI=1S/C27H19ClN2O2/c1-17-10-12-18(13-11-17)29-27(31)21-16-24(30-23-9-5-3-6-19(21)23)26-15-14-25(32-26)20-7-2-4-8-22(20)28/h2-16H,1H3,(H,29,31). The Morgan fingerprint density at radius 3 is 2.41 bits per heavy atom. The Bertz CT molecular complexity index is 1440. The Balaban J connectivity index is 1.56. The van der Waals surface area contributed by atoms with E-state index in [1.807, 2.05) is 91.9 Å². The van der Waals surface area contributed by atoms with E-state index >= 15 is 0 Å². The molecule has 1 N–H and O–H groups in total. The number of carbonyl (C=O) groups is 1. The molecule has 0 aliphatic heterocycles. The molecule has 0 spiro atoms. The molecule has 156 valence electrons. The van der Waals surface area contributed by atoms with Crippen molar-refractivity contribution in [3.05, 3.63) is 107 Å². The second-order valence-electron chi connectivity index (χ2n) is 7.54. The number of amides is 1. The summed E-state index contributed by atoms with van der Waals surface area (Å²) in [5.74, 6) is 1.01. The fourth-order valence-corrected chi connectivity index (χ4v) is 3.84. The Hall–Kier alpha value is -3.89. The SMILES string of the molecule is Cc1ccc(NC(=O)c2cc(-c3ccc(-c4ccccc4Cl)o3)nc3ccccc23)cc1. The largest absolute Gasteiger partial charge is 0.454 e. The summed E-state index contributed by atoms with van der Waals surface area (Å²) in [7, 11) is 0. The first-order chi connectivity index (χ1) is 15.6. The van der Waals surface area contributed by atoms with Gasteiger partial charge in [-0.15, -0.1) is 0 Å². The van der Waals surface area contributed by atoms with E-state index in [4.69, 9.17) is 21.0 Å². The van der Waals surface area contributed by atoms with Crippen LogP contribution in [-0.2, 0) is 0 Å². The topological polar surface area (TPSA) is 55.1 Å². The van der Waals surface area contributed by atoms with Crippen LogP contribution >= 0.6 is 11.6 Å². The number of aromatic nitrogens is 1. The fraction of sp³-hybridized carbons (Fsp3) is 0.0370. The molecule has 0 saturated heterocycles. The van der Waals surface area contributed by atoms with Crippen molar-refractivity contribution in [2.45, 2.75) is 6.92 Å². The van der Waals surface area contributed by atoms with Gasteiger partial charge in [0.05, 0.1) is 16.1 Å². The normalized spacial score (nSPS) is 10.9. The molecule has 2 heterocycles. The van der Waals surface area contributed by atoms with Gasteiger partial charge in [0.1, 0.15) is 11.5 Å². The second-order valence-corrected chi connectivity index (χ2v) is 7.94. The monoisotopic (exact) mass is 438 g/mol. The fourth-order valence-electron chi connectivity index (χ4n) is 3.61. The second kappa shape index (κ2) is 8.33. The molecule has 1 amide bonds. The van der Waals surface area contributed by atoms with Crippen molar-refractivity contribution in [2.24, 2.45) is 0 Å². The summed E-state index contributed by atoms with van der Waals surface area (Å²) < 4.78 is 6.07. The van der Waals surface area contributed by atoms with Crippen LogP contribution in [0.25, 0.3) is 33.7 Å². The van der Waals surface area contributed by atoms with Crippen LogP contribution in [0.5, 0.6) is 0 Å². The maximum Gasteiger partial charge on any atom is 0.256 e. The molecule has 3 aromatic carbocycles. The van der Waals surface area contributed by atoms with E-state index in [0.29, 0.717) is 27.8 Å². The molecule has 0 aliphatic rings. The number of nitrogens with one attached hydrogen (secondary N) is 1. The number of nitrogens with zero attached hydrogens (tertiary/aromatic N) is 1. The molecular formula is C27H19ClN2O2. The minimum Gasteiger partial charge on any atom is -0.454 e. The molecular weight excluding hydrogens is 420 g/mol. The van der Waals surface area contributed by atoms with Gasteiger partial charge in [-0.1, -0.05) is 59.6 Å². The van der Waals surface area contributed by atoms with E-state index in [9.17, 15) is 4.79 Å². The highest BCUT2D eigenvalue weighted by atomic mass is 35.5. The van der Waals surface area contributed by atoms with Gasteiger partial charge in [0.2, 0.25) is 0 Å². The molecule has 5 rings (SSSR count). The minimum absolute atomic E-state index is 0.202.